The first-order valence-corrected chi connectivity index (χ1v) is 7.34. The Morgan fingerprint density at radius 1 is 1.32 bits per heavy atom. The zero-order valence-electron chi connectivity index (χ0n) is 12.1. The van der Waals surface area contributed by atoms with Crippen molar-refractivity contribution >= 4 is 34.5 Å². The highest BCUT2D eigenvalue weighted by Gasteiger charge is 2.51. The third-order valence-corrected chi connectivity index (χ3v) is 3.71. The molecule has 1 atom stereocenters. The number of carboxylic acids is 1. The fourth-order valence-electron chi connectivity index (χ4n) is 1.73. The first kappa shape index (κ1) is 18.6. The van der Waals surface area contributed by atoms with Gasteiger partial charge in [0.2, 0.25) is 0 Å². The van der Waals surface area contributed by atoms with Crippen LogP contribution in [-0.4, -0.2) is 36.2 Å². The Balaban J connectivity index is 3.02. The maximum absolute atomic E-state index is 13.6. The van der Waals surface area contributed by atoms with Crippen molar-refractivity contribution in [3.05, 3.63) is 27.3 Å². The van der Waals surface area contributed by atoms with Crippen LogP contribution in [-0.2, 0) is 9.53 Å². The summed E-state index contributed by atoms with van der Waals surface area (Å²) in [6.07, 6.45) is -2.06. The van der Waals surface area contributed by atoms with Crippen LogP contribution in [0.1, 0.15) is 24.2 Å². The van der Waals surface area contributed by atoms with Gasteiger partial charge in [0.25, 0.3) is 0 Å². The van der Waals surface area contributed by atoms with Crippen LogP contribution < -0.4 is 4.74 Å². The number of alkyl halides is 2. The van der Waals surface area contributed by atoms with Crippen LogP contribution in [0.3, 0.4) is 0 Å². The van der Waals surface area contributed by atoms with E-state index in [2.05, 4.69) is 0 Å². The molecule has 1 aromatic carbocycles. The lowest BCUT2D eigenvalue weighted by molar-refractivity contribution is -0.187. The van der Waals surface area contributed by atoms with Gasteiger partial charge in [0, 0.05) is 0 Å². The predicted molar refractivity (Wildman–Crippen MR) is 82.3 cm³/mol. The summed E-state index contributed by atoms with van der Waals surface area (Å²) in [4.78, 5) is 22.7. The van der Waals surface area contributed by atoms with E-state index in [-0.39, 0.29) is 5.56 Å². The minimum Gasteiger partial charge on any atom is -0.496 e. The smallest absolute Gasteiger partial charge is 0.378 e. The van der Waals surface area contributed by atoms with E-state index in [0.29, 0.717) is 9.32 Å². The number of rotatable bonds is 6. The van der Waals surface area contributed by atoms with E-state index in [9.17, 15) is 18.4 Å². The second-order valence-electron chi connectivity index (χ2n) is 4.85. The number of hydrogen-bond acceptors (Lipinski definition) is 4. The van der Waals surface area contributed by atoms with Gasteiger partial charge in [-0.05, 0) is 46.7 Å². The second-order valence-corrected chi connectivity index (χ2v) is 6.01. The van der Waals surface area contributed by atoms with Gasteiger partial charge < -0.3 is 14.6 Å². The van der Waals surface area contributed by atoms with E-state index >= 15 is 0 Å². The van der Waals surface area contributed by atoms with Gasteiger partial charge in [0.1, 0.15) is 5.75 Å². The highest BCUT2D eigenvalue weighted by atomic mass is 127. The Bertz CT molecular complexity index is 574. The van der Waals surface area contributed by atoms with E-state index in [0.717, 1.165) is 0 Å². The number of hydrogen-bond donors (Lipinski definition) is 1. The molecule has 0 saturated carbocycles. The number of halogens is 3. The maximum atomic E-state index is 13.6. The zero-order chi connectivity index (χ0) is 17.1. The van der Waals surface area contributed by atoms with Crippen molar-refractivity contribution in [2.24, 2.45) is 5.92 Å². The number of carboxylic acid groups (broad SMARTS) is 1. The van der Waals surface area contributed by atoms with Gasteiger partial charge in [-0.15, -0.1) is 0 Å². The normalized spacial score (nSPS) is 12.9. The summed E-state index contributed by atoms with van der Waals surface area (Å²) < 4.78 is 37.6. The summed E-state index contributed by atoms with van der Waals surface area (Å²) >= 11 is 1.92. The molecule has 0 bridgehead atoms. The molecule has 1 N–H and O–H groups in total. The minimum absolute atomic E-state index is 0.0389. The summed E-state index contributed by atoms with van der Waals surface area (Å²) in [7, 11) is 1.46. The molecule has 0 radical (unpaired) electrons. The van der Waals surface area contributed by atoms with Gasteiger partial charge in [-0.2, -0.15) is 8.78 Å². The summed E-state index contributed by atoms with van der Waals surface area (Å²) in [6, 6.07) is 4.27. The number of ether oxygens (including phenoxy) is 2. The molecule has 0 aliphatic rings. The lowest BCUT2D eigenvalue weighted by Gasteiger charge is -2.26. The Labute approximate surface area is 139 Å². The summed E-state index contributed by atoms with van der Waals surface area (Å²) in [6.45, 7) is 2.71. The molecule has 0 amide bonds. The Morgan fingerprint density at radius 3 is 2.32 bits per heavy atom. The quantitative estimate of drug-likeness (QED) is 0.557. The van der Waals surface area contributed by atoms with Crippen molar-refractivity contribution in [1.82, 2.24) is 0 Å². The Hall–Kier alpha value is -1.45. The van der Waals surface area contributed by atoms with Crippen LogP contribution in [0.25, 0.3) is 0 Å². The minimum atomic E-state index is -4.16. The van der Waals surface area contributed by atoms with Gasteiger partial charge >= 0.3 is 17.9 Å². The molecule has 0 aliphatic heterocycles. The van der Waals surface area contributed by atoms with Crippen LogP contribution in [0, 0.1) is 9.49 Å². The van der Waals surface area contributed by atoms with Crippen LogP contribution >= 0.6 is 22.6 Å². The van der Waals surface area contributed by atoms with E-state index in [1.54, 1.807) is 0 Å². The van der Waals surface area contributed by atoms with Crippen LogP contribution in [0.2, 0.25) is 0 Å². The van der Waals surface area contributed by atoms with Gasteiger partial charge in [0.15, 0.2) is 6.10 Å². The molecule has 5 nitrogen and oxygen atoms in total. The first-order valence-electron chi connectivity index (χ1n) is 6.27. The number of carbonyl (C=O) groups excluding carboxylic acids is 1. The van der Waals surface area contributed by atoms with Crippen LogP contribution in [0.4, 0.5) is 8.78 Å². The molecule has 1 unspecified atom stereocenters. The van der Waals surface area contributed by atoms with Crippen molar-refractivity contribution in [3.8, 4) is 5.75 Å². The third-order valence-electron chi connectivity index (χ3n) is 2.87. The van der Waals surface area contributed by atoms with Gasteiger partial charge in [-0.1, -0.05) is 13.8 Å². The lowest BCUT2D eigenvalue weighted by Crippen LogP contribution is -2.47. The maximum Gasteiger partial charge on any atom is 0.378 e. The predicted octanol–water partition coefficient (Wildman–Crippen LogP) is 3.20. The van der Waals surface area contributed by atoms with E-state index in [4.69, 9.17) is 14.6 Å². The Morgan fingerprint density at radius 2 is 1.91 bits per heavy atom. The third kappa shape index (κ3) is 4.05. The highest BCUT2D eigenvalue weighted by molar-refractivity contribution is 14.1. The number of benzene rings is 1. The molecule has 22 heavy (non-hydrogen) atoms. The molecule has 0 spiro atoms. The molecule has 0 saturated heterocycles. The first-order chi connectivity index (χ1) is 10.1. The monoisotopic (exact) mass is 428 g/mol. The molecule has 1 aromatic rings. The fourth-order valence-corrected chi connectivity index (χ4v) is 2.46. The van der Waals surface area contributed by atoms with Crippen molar-refractivity contribution < 1.29 is 33.0 Å². The van der Waals surface area contributed by atoms with Gasteiger partial charge in [-0.3, -0.25) is 0 Å². The van der Waals surface area contributed by atoms with Crippen molar-refractivity contribution in [1.29, 1.82) is 0 Å². The summed E-state index contributed by atoms with van der Waals surface area (Å²) in [5.74, 6) is -7.85. The number of esters is 1. The average Bonchev–Trinajstić information content (AvgIpc) is 2.43. The number of aliphatic carboxylic acids is 1. The second kappa shape index (κ2) is 7.21. The van der Waals surface area contributed by atoms with Crippen molar-refractivity contribution in [3.63, 3.8) is 0 Å². The summed E-state index contributed by atoms with van der Waals surface area (Å²) in [5, 5.41) is 8.60. The average molecular weight is 428 g/mol. The molecule has 0 fully saturated rings. The highest BCUT2D eigenvalue weighted by Crippen LogP contribution is 2.29. The molecule has 0 heterocycles. The molecule has 122 valence electrons. The standard InChI is InChI=1S/C14H15F2IO5/c1-7(2)11(14(15,16)13(19)20)22-12(18)8-4-5-10(21-3)9(17)6-8/h4-7,11H,1-3H3,(H,19,20). The van der Waals surface area contributed by atoms with E-state index in [1.165, 1.54) is 39.2 Å². The number of methoxy groups -OCH3 is 1. The summed E-state index contributed by atoms with van der Waals surface area (Å²) in [5.41, 5.74) is 0.0389. The van der Waals surface area contributed by atoms with E-state index < -0.39 is 29.9 Å². The van der Waals surface area contributed by atoms with Crippen molar-refractivity contribution in [2.75, 3.05) is 7.11 Å². The fraction of sp³-hybridized carbons (Fsp3) is 0.429. The van der Waals surface area contributed by atoms with E-state index in [1.807, 2.05) is 22.6 Å². The van der Waals surface area contributed by atoms with Crippen LogP contribution in [0.15, 0.2) is 18.2 Å². The molecular weight excluding hydrogens is 413 g/mol. The van der Waals surface area contributed by atoms with Crippen molar-refractivity contribution in [2.45, 2.75) is 25.9 Å². The van der Waals surface area contributed by atoms with Crippen LogP contribution in [0.5, 0.6) is 5.75 Å². The topological polar surface area (TPSA) is 72.8 Å². The largest absolute Gasteiger partial charge is 0.496 e. The Kier molecular flexibility index (Phi) is 6.09. The van der Waals surface area contributed by atoms with Gasteiger partial charge in [0.05, 0.1) is 16.2 Å². The lowest BCUT2D eigenvalue weighted by atomic mass is 10.0. The zero-order valence-corrected chi connectivity index (χ0v) is 14.3. The number of carbonyl (C=O) groups is 2. The molecule has 1 rings (SSSR count). The molecule has 0 aromatic heterocycles. The molecule has 8 heteroatoms. The molecule has 0 aliphatic carbocycles. The SMILES string of the molecule is COc1ccc(C(=O)OC(C(C)C)C(F)(F)C(=O)O)cc1I. The van der Waals surface area contributed by atoms with Gasteiger partial charge in [-0.25, -0.2) is 9.59 Å². The molecular formula is C14H15F2IO5.